The van der Waals surface area contributed by atoms with E-state index in [1.165, 1.54) is 21.0 Å². The summed E-state index contributed by atoms with van der Waals surface area (Å²) in [5.41, 5.74) is 0.701. The number of ketones is 1. The van der Waals surface area contributed by atoms with Crippen molar-refractivity contribution in [2.24, 2.45) is 17.8 Å². The van der Waals surface area contributed by atoms with Crippen molar-refractivity contribution in [3.8, 4) is 0 Å². The molecule has 0 unspecified atom stereocenters. The quantitative estimate of drug-likeness (QED) is 0.394. The van der Waals surface area contributed by atoms with E-state index in [1.54, 1.807) is 13.8 Å². The van der Waals surface area contributed by atoms with E-state index in [1.807, 2.05) is 13.0 Å². The van der Waals surface area contributed by atoms with Gasteiger partial charge < -0.3 is 20.3 Å². The number of rotatable bonds is 10. The average Bonchev–Trinajstić information content (AvgIpc) is 2.61. The summed E-state index contributed by atoms with van der Waals surface area (Å²) in [5.74, 6) is -3.85. The summed E-state index contributed by atoms with van der Waals surface area (Å²) in [7, 11) is 1.21. The zero-order chi connectivity index (χ0) is 19.7. The topological polar surface area (TPSA) is 113 Å². The second kappa shape index (κ2) is 11.0. The highest BCUT2D eigenvalue weighted by atomic mass is 16.5. The average molecular weight is 357 g/mol. The highest BCUT2D eigenvalue weighted by Crippen LogP contribution is 2.16. The third kappa shape index (κ3) is 6.96. The number of hydrogen-bond donors (Lipinski definition) is 3. The summed E-state index contributed by atoms with van der Waals surface area (Å²) in [6.45, 7) is 7.94. The van der Waals surface area contributed by atoms with E-state index >= 15 is 0 Å². The molecule has 0 fully saturated rings. The Kier molecular flexibility index (Phi) is 10.2. The van der Waals surface area contributed by atoms with Crippen LogP contribution in [0.1, 0.15) is 41.0 Å². The molecular formula is C18H31NO6. The minimum absolute atomic E-state index is 0.279. The number of esters is 1. The van der Waals surface area contributed by atoms with Gasteiger partial charge in [0.2, 0.25) is 5.91 Å². The van der Waals surface area contributed by atoms with Gasteiger partial charge in [0.05, 0.1) is 37.7 Å². The summed E-state index contributed by atoms with van der Waals surface area (Å²) in [6.07, 6.45) is 0.474. The first kappa shape index (κ1) is 23.3. The maximum absolute atomic E-state index is 12.1. The third-order valence-corrected chi connectivity index (χ3v) is 4.42. The normalized spacial score (nSPS) is 17.8. The van der Waals surface area contributed by atoms with Crippen molar-refractivity contribution < 1.29 is 29.3 Å². The molecule has 0 aliphatic rings. The molecule has 0 aliphatic carbocycles. The molecule has 5 atom stereocenters. The molecule has 0 aromatic carbocycles. The van der Waals surface area contributed by atoms with Crippen LogP contribution in [0.4, 0.5) is 0 Å². The van der Waals surface area contributed by atoms with Crippen molar-refractivity contribution in [1.29, 1.82) is 0 Å². The van der Waals surface area contributed by atoms with Gasteiger partial charge in [-0.2, -0.15) is 0 Å². The highest BCUT2D eigenvalue weighted by Gasteiger charge is 2.32. The van der Waals surface area contributed by atoms with Crippen LogP contribution in [0, 0.1) is 17.8 Å². The van der Waals surface area contributed by atoms with Gasteiger partial charge in [0, 0.05) is 5.92 Å². The van der Waals surface area contributed by atoms with Gasteiger partial charge in [-0.25, -0.2) is 0 Å². The lowest BCUT2D eigenvalue weighted by molar-refractivity contribution is -0.150. The number of methoxy groups -OCH3 is 1. The molecule has 25 heavy (non-hydrogen) atoms. The van der Waals surface area contributed by atoms with Crippen LogP contribution in [0.2, 0.25) is 0 Å². The van der Waals surface area contributed by atoms with Gasteiger partial charge in [-0.15, -0.1) is 0 Å². The summed E-state index contributed by atoms with van der Waals surface area (Å²) in [5, 5.41) is 22.7. The summed E-state index contributed by atoms with van der Waals surface area (Å²) < 4.78 is 4.55. The van der Waals surface area contributed by atoms with Crippen LogP contribution >= 0.6 is 0 Å². The Morgan fingerprint density at radius 1 is 1.08 bits per heavy atom. The highest BCUT2D eigenvalue weighted by molar-refractivity contribution is 5.89. The molecule has 0 radical (unpaired) electrons. The molecule has 0 rings (SSSR count). The van der Waals surface area contributed by atoms with E-state index in [-0.39, 0.29) is 6.54 Å². The molecular weight excluding hydrogens is 326 g/mol. The molecule has 0 saturated carbocycles. The predicted molar refractivity (Wildman–Crippen MR) is 93.6 cm³/mol. The summed E-state index contributed by atoms with van der Waals surface area (Å²) in [4.78, 5) is 35.7. The lowest BCUT2D eigenvalue weighted by atomic mass is 9.90. The van der Waals surface area contributed by atoms with Crippen molar-refractivity contribution in [3.05, 3.63) is 11.6 Å². The smallest absolute Gasteiger partial charge is 0.311 e. The maximum atomic E-state index is 12.1. The first-order valence-electron chi connectivity index (χ1n) is 8.49. The molecule has 0 spiro atoms. The number of carbonyl (C=O) groups excluding carboxylic acids is 3. The van der Waals surface area contributed by atoms with E-state index in [9.17, 15) is 24.6 Å². The molecule has 0 bridgehead atoms. The Labute approximate surface area is 149 Å². The molecule has 0 saturated heterocycles. The number of aliphatic hydroxyl groups excluding tert-OH is 2. The Balaban J connectivity index is 4.65. The fourth-order valence-electron chi connectivity index (χ4n) is 2.43. The number of nitrogens with one attached hydrogen (secondary N) is 1. The summed E-state index contributed by atoms with van der Waals surface area (Å²) >= 11 is 0. The molecule has 7 heteroatoms. The lowest BCUT2D eigenvalue weighted by Gasteiger charge is -2.23. The largest absolute Gasteiger partial charge is 0.469 e. The van der Waals surface area contributed by atoms with Gasteiger partial charge in [-0.1, -0.05) is 26.8 Å². The Bertz CT molecular complexity index is 502. The minimum Gasteiger partial charge on any atom is -0.469 e. The molecule has 144 valence electrons. The van der Waals surface area contributed by atoms with Crippen LogP contribution in [0.25, 0.3) is 0 Å². The molecule has 0 aromatic rings. The minimum atomic E-state index is -1.20. The fourth-order valence-corrected chi connectivity index (χ4v) is 2.43. The SMILES string of the molecule is CC/C=C(\C)[C@H](O)[C@H](C)C(=O)NCC(=O)[C@@H](C)[C@H](O)[C@@H](C)C(=O)OC. The van der Waals surface area contributed by atoms with Crippen molar-refractivity contribution in [1.82, 2.24) is 5.32 Å². The van der Waals surface area contributed by atoms with Gasteiger partial charge in [-0.05, 0) is 25.8 Å². The van der Waals surface area contributed by atoms with Crippen LogP contribution in [0.3, 0.4) is 0 Å². The summed E-state index contributed by atoms with van der Waals surface area (Å²) in [6, 6.07) is 0. The monoisotopic (exact) mass is 357 g/mol. The van der Waals surface area contributed by atoms with Crippen molar-refractivity contribution in [3.63, 3.8) is 0 Å². The number of Topliss-reactive ketones (excluding diaryl/α,β-unsaturated/α-hetero) is 1. The molecule has 7 nitrogen and oxygen atoms in total. The van der Waals surface area contributed by atoms with Crippen LogP contribution in [-0.2, 0) is 19.1 Å². The first-order valence-corrected chi connectivity index (χ1v) is 8.49. The van der Waals surface area contributed by atoms with Crippen LogP contribution < -0.4 is 5.32 Å². The lowest BCUT2D eigenvalue weighted by Crippen LogP contribution is -2.43. The standard InChI is InChI=1S/C18H31NO6/c1-7-8-10(2)15(21)12(4)17(23)19-9-14(20)11(3)16(22)13(5)18(24)25-6/h8,11-13,15-16,21-22H,7,9H2,1-6H3,(H,19,23)/b10-8+/t11-,12+,13-,15+,16+/m1/s1. The first-order chi connectivity index (χ1) is 11.6. The maximum Gasteiger partial charge on any atom is 0.311 e. The van der Waals surface area contributed by atoms with E-state index in [4.69, 9.17) is 0 Å². The van der Waals surface area contributed by atoms with E-state index in [2.05, 4.69) is 10.1 Å². The van der Waals surface area contributed by atoms with E-state index < -0.39 is 47.6 Å². The Hall–Kier alpha value is -1.73. The van der Waals surface area contributed by atoms with Crippen molar-refractivity contribution in [2.45, 2.75) is 53.2 Å². The van der Waals surface area contributed by atoms with Gasteiger partial charge in [0.1, 0.15) is 0 Å². The zero-order valence-corrected chi connectivity index (χ0v) is 15.9. The van der Waals surface area contributed by atoms with Gasteiger partial charge >= 0.3 is 5.97 Å². The number of allylic oxidation sites excluding steroid dienone is 1. The van der Waals surface area contributed by atoms with Crippen LogP contribution in [-0.4, -0.2) is 53.7 Å². The number of carbonyl (C=O) groups is 3. The number of hydrogen-bond acceptors (Lipinski definition) is 6. The van der Waals surface area contributed by atoms with E-state index in [0.717, 1.165) is 6.42 Å². The van der Waals surface area contributed by atoms with E-state index in [0.29, 0.717) is 5.57 Å². The molecule has 0 aliphatic heterocycles. The molecule has 1 amide bonds. The predicted octanol–water partition coefficient (Wildman–Crippen LogP) is 0.831. The van der Waals surface area contributed by atoms with Crippen LogP contribution in [0.5, 0.6) is 0 Å². The van der Waals surface area contributed by atoms with Gasteiger partial charge in [0.15, 0.2) is 5.78 Å². The second-order valence-corrected chi connectivity index (χ2v) is 6.37. The molecule has 0 heterocycles. The third-order valence-electron chi connectivity index (χ3n) is 4.42. The zero-order valence-electron chi connectivity index (χ0n) is 15.9. The number of aliphatic hydroxyl groups is 2. The van der Waals surface area contributed by atoms with Gasteiger partial charge in [-0.3, -0.25) is 14.4 Å². The number of ether oxygens (including phenoxy) is 1. The Morgan fingerprint density at radius 2 is 1.64 bits per heavy atom. The Morgan fingerprint density at radius 3 is 2.12 bits per heavy atom. The molecule has 3 N–H and O–H groups in total. The van der Waals surface area contributed by atoms with Gasteiger partial charge in [0.25, 0.3) is 0 Å². The van der Waals surface area contributed by atoms with Crippen LogP contribution in [0.15, 0.2) is 11.6 Å². The second-order valence-electron chi connectivity index (χ2n) is 6.37. The van der Waals surface area contributed by atoms with Crippen molar-refractivity contribution in [2.75, 3.05) is 13.7 Å². The molecule has 0 aromatic heterocycles. The number of amides is 1. The fraction of sp³-hybridized carbons (Fsp3) is 0.722. The van der Waals surface area contributed by atoms with Crippen molar-refractivity contribution >= 4 is 17.7 Å².